The lowest BCUT2D eigenvalue weighted by atomic mass is 9.84. The average Bonchev–Trinajstić information content (AvgIpc) is 3.25. The molecule has 0 N–H and O–H groups in total. The van der Waals surface area contributed by atoms with Crippen LogP contribution >= 0.6 is 0 Å². The number of imidazole rings is 1. The van der Waals surface area contributed by atoms with Crippen molar-refractivity contribution in [2.24, 2.45) is 0 Å². The molecule has 0 aliphatic carbocycles. The summed E-state index contributed by atoms with van der Waals surface area (Å²) in [5.41, 5.74) is 1.66. The minimum atomic E-state index is -0.406. The maximum absolute atomic E-state index is 13.6. The molecule has 0 saturated heterocycles. The van der Waals surface area contributed by atoms with Crippen LogP contribution in [0.3, 0.4) is 0 Å². The average molecular weight is 419 g/mol. The molecule has 155 valence electrons. The second-order valence-electron chi connectivity index (χ2n) is 7.33. The Labute approximate surface area is 176 Å². The minimum Gasteiger partial charge on any atom is -0.484 e. The summed E-state index contributed by atoms with van der Waals surface area (Å²) in [4.78, 5) is 16.8. The van der Waals surface area contributed by atoms with E-state index in [2.05, 4.69) is 17.2 Å². The third-order valence-corrected chi connectivity index (χ3v) is 5.58. The highest BCUT2D eigenvalue weighted by molar-refractivity contribution is 5.61. The number of benzene rings is 2. The summed E-state index contributed by atoms with van der Waals surface area (Å²) in [5, 5.41) is 4.39. The standard InChI is InChI=1S/C23H17F2N4O2/c1-31-22-19(30)12-27-29-18(13-28-11-10-26-23(28)21(22)29)20(14-2-6-16(24)7-3-14)15-4-8-17(25)9-5-15/h2-12,18,20H,1,13H2/t18-/m1/s1. The van der Waals surface area contributed by atoms with Crippen molar-refractivity contribution >= 4 is 0 Å². The molecule has 1 aliphatic rings. The molecule has 6 nitrogen and oxygen atoms in total. The van der Waals surface area contributed by atoms with Gasteiger partial charge in [0.15, 0.2) is 11.6 Å². The smallest absolute Gasteiger partial charge is 0.242 e. The van der Waals surface area contributed by atoms with E-state index in [1.807, 2.05) is 10.8 Å². The maximum atomic E-state index is 13.6. The van der Waals surface area contributed by atoms with Gasteiger partial charge in [-0.15, -0.1) is 0 Å². The lowest BCUT2D eigenvalue weighted by Crippen LogP contribution is -2.32. The Bertz CT molecular complexity index is 1250. The van der Waals surface area contributed by atoms with Crippen LogP contribution in [-0.4, -0.2) is 19.3 Å². The topological polar surface area (TPSA) is 61.9 Å². The van der Waals surface area contributed by atoms with E-state index >= 15 is 0 Å². The summed E-state index contributed by atoms with van der Waals surface area (Å²) in [6.45, 7) is 0.480. The predicted molar refractivity (Wildman–Crippen MR) is 109 cm³/mol. The molecule has 2 aromatic carbocycles. The first-order valence-corrected chi connectivity index (χ1v) is 9.63. The fraction of sp³-hybridized carbons (Fsp3) is 0.130. The lowest BCUT2D eigenvalue weighted by molar-refractivity contribution is 0.332. The van der Waals surface area contributed by atoms with Gasteiger partial charge in [0, 0.05) is 24.9 Å². The van der Waals surface area contributed by atoms with Crippen molar-refractivity contribution in [2.75, 3.05) is 0 Å². The summed E-state index contributed by atoms with van der Waals surface area (Å²) < 4.78 is 36.1. The largest absolute Gasteiger partial charge is 0.484 e. The fourth-order valence-electron chi connectivity index (χ4n) is 4.22. The van der Waals surface area contributed by atoms with E-state index in [4.69, 9.17) is 4.74 Å². The van der Waals surface area contributed by atoms with Crippen LogP contribution in [0.25, 0.3) is 11.5 Å². The van der Waals surface area contributed by atoms with Gasteiger partial charge in [-0.05, 0) is 35.4 Å². The third kappa shape index (κ3) is 3.20. The van der Waals surface area contributed by atoms with Gasteiger partial charge in [0.25, 0.3) is 0 Å². The Morgan fingerprint density at radius 1 is 1.03 bits per heavy atom. The number of hydrogen-bond donors (Lipinski definition) is 0. The van der Waals surface area contributed by atoms with Crippen LogP contribution in [0.2, 0.25) is 0 Å². The SMILES string of the molecule is [CH2]Oc1c2n(ncc1=O)[C@@H](C(c1ccc(F)cc1)c1ccc(F)cc1)Cn1ccnc1-2. The van der Waals surface area contributed by atoms with Crippen LogP contribution in [0, 0.1) is 18.7 Å². The van der Waals surface area contributed by atoms with E-state index in [0.29, 0.717) is 18.1 Å². The Kier molecular flexibility index (Phi) is 4.62. The highest BCUT2D eigenvalue weighted by Crippen LogP contribution is 2.42. The van der Waals surface area contributed by atoms with Crippen LogP contribution in [0.15, 0.2) is 71.9 Å². The number of hydrogen-bond acceptors (Lipinski definition) is 4. The first kappa shape index (κ1) is 19.2. The second-order valence-corrected chi connectivity index (χ2v) is 7.33. The first-order chi connectivity index (χ1) is 15.1. The van der Waals surface area contributed by atoms with Crippen LogP contribution in [0.1, 0.15) is 23.1 Å². The summed E-state index contributed by atoms with van der Waals surface area (Å²) in [5.74, 6) is -0.432. The quantitative estimate of drug-likeness (QED) is 0.503. The van der Waals surface area contributed by atoms with Gasteiger partial charge in [0.05, 0.1) is 12.2 Å². The molecule has 5 rings (SSSR count). The number of ether oxygens (including phenoxy) is 1. The molecular weight excluding hydrogens is 402 g/mol. The van der Waals surface area contributed by atoms with Crippen molar-refractivity contribution < 1.29 is 13.5 Å². The van der Waals surface area contributed by atoms with Gasteiger partial charge >= 0.3 is 0 Å². The molecule has 0 spiro atoms. The van der Waals surface area contributed by atoms with Gasteiger partial charge in [0.1, 0.15) is 24.4 Å². The van der Waals surface area contributed by atoms with Crippen molar-refractivity contribution in [1.29, 1.82) is 0 Å². The number of rotatable bonds is 4. The Hall–Kier alpha value is -3.81. The number of nitrogens with zero attached hydrogens (tertiary/aromatic N) is 4. The van der Waals surface area contributed by atoms with Crippen LogP contribution in [0.5, 0.6) is 5.75 Å². The van der Waals surface area contributed by atoms with Crippen molar-refractivity contribution in [3.8, 4) is 17.3 Å². The predicted octanol–water partition coefficient (Wildman–Crippen LogP) is 3.94. The van der Waals surface area contributed by atoms with Crippen LogP contribution in [-0.2, 0) is 6.54 Å². The Morgan fingerprint density at radius 2 is 1.65 bits per heavy atom. The maximum Gasteiger partial charge on any atom is 0.242 e. The molecule has 2 aromatic heterocycles. The second kappa shape index (κ2) is 7.46. The van der Waals surface area contributed by atoms with E-state index in [9.17, 15) is 13.6 Å². The van der Waals surface area contributed by atoms with Crippen molar-refractivity contribution in [3.63, 3.8) is 0 Å². The number of halogens is 2. The van der Waals surface area contributed by atoms with E-state index in [1.54, 1.807) is 35.1 Å². The van der Waals surface area contributed by atoms with E-state index in [0.717, 1.165) is 11.1 Å². The Morgan fingerprint density at radius 3 is 2.23 bits per heavy atom. The molecule has 8 heteroatoms. The third-order valence-electron chi connectivity index (χ3n) is 5.58. The minimum absolute atomic E-state index is 0.0455. The molecule has 4 aromatic rings. The van der Waals surface area contributed by atoms with Gasteiger partial charge in [-0.3, -0.25) is 9.48 Å². The van der Waals surface area contributed by atoms with E-state index < -0.39 is 5.43 Å². The molecule has 0 bridgehead atoms. The molecular formula is C23H17F2N4O2. The first-order valence-electron chi connectivity index (χ1n) is 9.63. The van der Waals surface area contributed by atoms with E-state index in [-0.39, 0.29) is 29.3 Å². The van der Waals surface area contributed by atoms with Gasteiger partial charge in [0.2, 0.25) is 5.43 Å². The molecule has 0 fully saturated rings. The molecule has 1 aliphatic heterocycles. The van der Waals surface area contributed by atoms with Crippen molar-refractivity contribution in [3.05, 3.63) is 107 Å². The summed E-state index contributed by atoms with van der Waals surface area (Å²) >= 11 is 0. The summed E-state index contributed by atoms with van der Waals surface area (Å²) in [6.07, 6.45) is 4.63. The van der Waals surface area contributed by atoms with Gasteiger partial charge in [-0.2, -0.15) is 5.10 Å². The molecule has 1 atom stereocenters. The monoisotopic (exact) mass is 419 g/mol. The molecule has 0 unspecified atom stereocenters. The molecule has 3 heterocycles. The van der Waals surface area contributed by atoms with Crippen molar-refractivity contribution in [2.45, 2.75) is 18.5 Å². The number of fused-ring (bicyclic) bond motifs is 3. The highest BCUT2D eigenvalue weighted by Gasteiger charge is 2.35. The highest BCUT2D eigenvalue weighted by atomic mass is 19.1. The number of aromatic nitrogens is 4. The van der Waals surface area contributed by atoms with Crippen LogP contribution in [0.4, 0.5) is 8.78 Å². The molecule has 0 amide bonds. The zero-order valence-corrected chi connectivity index (χ0v) is 16.3. The molecule has 1 radical (unpaired) electrons. The Balaban J connectivity index is 1.75. The fourth-order valence-corrected chi connectivity index (χ4v) is 4.22. The van der Waals surface area contributed by atoms with Gasteiger partial charge in [-0.1, -0.05) is 24.3 Å². The molecule has 31 heavy (non-hydrogen) atoms. The van der Waals surface area contributed by atoms with Gasteiger partial charge < -0.3 is 9.30 Å². The summed E-state index contributed by atoms with van der Waals surface area (Å²) in [7, 11) is 3.43. The van der Waals surface area contributed by atoms with Crippen LogP contribution < -0.4 is 10.2 Å². The summed E-state index contributed by atoms with van der Waals surface area (Å²) in [6, 6.07) is 12.0. The lowest BCUT2D eigenvalue weighted by Gasteiger charge is -2.35. The zero-order valence-electron chi connectivity index (χ0n) is 16.3. The normalized spacial score (nSPS) is 14.9. The molecule has 0 saturated carbocycles. The van der Waals surface area contributed by atoms with Gasteiger partial charge in [-0.25, -0.2) is 13.8 Å². The van der Waals surface area contributed by atoms with Crippen molar-refractivity contribution in [1.82, 2.24) is 19.3 Å². The van der Waals surface area contributed by atoms with E-state index in [1.165, 1.54) is 30.5 Å². The zero-order chi connectivity index (χ0) is 21.5.